The highest BCUT2D eigenvalue weighted by Gasteiger charge is 2.18. The van der Waals surface area contributed by atoms with E-state index in [0.29, 0.717) is 45.5 Å². The van der Waals surface area contributed by atoms with Gasteiger partial charge in [-0.15, -0.1) is 0 Å². The van der Waals surface area contributed by atoms with E-state index < -0.39 is 0 Å². The van der Waals surface area contributed by atoms with Crippen molar-refractivity contribution in [3.8, 4) is 45.6 Å². The molecule has 3 aromatic rings. The average Bonchev–Trinajstić information content (AvgIpc) is 3.11. The van der Waals surface area contributed by atoms with E-state index in [-0.39, 0.29) is 5.75 Å². The van der Waals surface area contributed by atoms with Gasteiger partial charge in [0, 0.05) is 11.1 Å². The molecule has 130 valence electrons. The zero-order valence-electron chi connectivity index (χ0n) is 14.1. The minimum absolute atomic E-state index is 0.00909. The van der Waals surface area contributed by atoms with Crippen molar-refractivity contribution < 1.29 is 23.7 Å². The molecule has 0 atom stereocenters. The lowest BCUT2D eigenvalue weighted by molar-refractivity contribution is 0.373. The summed E-state index contributed by atoms with van der Waals surface area (Å²) in [5, 5.41) is 10.0. The number of benzene rings is 2. The van der Waals surface area contributed by atoms with Gasteiger partial charge in [-0.1, -0.05) is 0 Å². The topological polar surface area (TPSA) is 100.0 Å². The highest BCUT2D eigenvalue weighted by molar-refractivity contribution is 5.81. The molecule has 0 saturated heterocycles. The number of oxazole rings is 1. The van der Waals surface area contributed by atoms with Crippen molar-refractivity contribution in [2.75, 3.05) is 27.1 Å². The normalized spacial score (nSPS) is 10.5. The van der Waals surface area contributed by atoms with Gasteiger partial charge in [-0.05, 0) is 30.3 Å². The standard InChI is InChI=1S/C18H18N2O5/c1-22-13-5-4-10(6-12(13)21)18-17(20-9-25-18)11-7-14(23-2)16(19)15(8-11)24-3/h4-9,21H,19H2,1-3H3. The molecule has 7 heteroatoms. The molecular formula is C18H18N2O5. The van der Waals surface area contributed by atoms with E-state index in [9.17, 15) is 5.11 Å². The number of nitrogens with two attached hydrogens (primary N) is 1. The van der Waals surface area contributed by atoms with Crippen molar-refractivity contribution in [2.45, 2.75) is 0 Å². The number of hydrogen-bond acceptors (Lipinski definition) is 7. The molecule has 0 aliphatic carbocycles. The third-order valence-electron chi connectivity index (χ3n) is 3.83. The zero-order chi connectivity index (χ0) is 18.0. The fourth-order valence-corrected chi connectivity index (χ4v) is 2.56. The molecule has 0 amide bonds. The third-order valence-corrected chi connectivity index (χ3v) is 3.83. The Kier molecular flexibility index (Phi) is 4.38. The molecular weight excluding hydrogens is 324 g/mol. The number of rotatable bonds is 5. The largest absolute Gasteiger partial charge is 0.504 e. The van der Waals surface area contributed by atoms with Crippen LogP contribution in [-0.2, 0) is 0 Å². The highest BCUT2D eigenvalue weighted by Crippen LogP contribution is 2.41. The Bertz CT molecular complexity index is 879. The van der Waals surface area contributed by atoms with E-state index in [1.165, 1.54) is 27.7 Å². The number of nitrogen functional groups attached to an aromatic ring is 1. The van der Waals surface area contributed by atoms with Gasteiger partial charge in [0.15, 0.2) is 23.7 Å². The van der Waals surface area contributed by atoms with Gasteiger partial charge >= 0.3 is 0 Å². The number of methoxy groups -OCH3 is 3. The number of aromatic hydroxyl groups is 1. The summed E-state index contributed by atoms with van der Waals surface area (Å²) in [5.74, 6) is 1.82. The number of aromatic nitrogens is 1. The monoisotopic (exact) mass is 342 g/mol. The van der Waals surface area contributed by atoms with Crippen LogP contribution in [0.25, 0.3) is 22.6 Å². The summed E-state index contributed by atoms with van der Waals surface area (Å²) in [4.78, 5) is 4.28. The molecule has 0 bridgehead atoms. The number of nitrogens with zero attached hydrogens (tertiary/aromatic N) is 1. The second-order valence-electron chi connectivity index (χ2n) is 5.21. The highest BCUT2D eigenvalue weighted by atomic mass is 16.5. The lowest BCUT2D eigenvalue weighted by Crippen LogP contribution is -1.97. The number of ether oxygens (including phenoxy) is 3. The van der Waals surface area contributed by atoms with Crippen LogP contribution in [0.3, 0.4) is 0 Å². The van der Waals surface area contributed by atoms with Crippen LogP contribution in [0, 0.1) is 0 Å². The predicted octanol–water partition coefficient (Wildman–Crippen LogP) is 3.32. The summed E-state index contributed by atoms with van der Waals surface area (Å²) in [5.41, 5.74) is 8.32. The van der Waals surface area contributed by atoms with E-state index in [1.54, 1.807) is 30.3 Å². The van der Waals surface area contributed by atoms with Crippen LogP contribution in [0.15, 0.2) is 41.1 Å². The maximum atomic E-state index is 10.0. The quantitative estimate of drug-likeness (QED) is 0.686. The van der Waals surface area contributed by atoms with Crippen molar-refractivity contribution >= 4 is 5.69 Å². The van der Waals surface area contributed by atoms with Crippen molar-refractivity contribution in [2.24, 2.45) is 0 Å². The molecule has 1 aromatic heterocycles. The molecule has 0 aliphatic rings. The van der Waals surface area contributed by atoms with Crippen molar-refractivity contribution in [1.82, 2.24) is 4.98 Å². The van der Waals surface area contributed by atoms with E-state index in [0.717, 1.165) is 0 Å². The number of hydrogen-bond donors (Lipinski definition) is 2. The summed E-state index contributed by atoms with van der Waals surface area (Å²) < 4.78 is 21.2. The van der Waals surface area contributed by atoms with Crippen LogP contribution in [0.1, 0.15) is 0 Å². The predicted molar refractivity (Wildman–Crippen MR) is 93.1 cm³/mol. The average molecular weight is 342 g/mol. The Morgan fingerprint density at radius 1 is 0.920 bits per heavy atom. The van der Waals surface area contributed by atoms with Crippen molar-refractivity contribution in [3.05, 3.63) is 36.7 Å². The first-order valence-corrected chi connectivity index (χ1v) is 7.41. The molecule has 1 heterocycles. The lowest BCUT2D eigenvalue weighted by atomic mass is 10.0. The molecule has 0 aliphatic heterocycles. The summed E-state index contributed by atoms with van der Waals surface area (Å²) in [6.45, 7) is 0. The second kappa shape index (κ2) is 6.64. The number of phenolic OH excluding ortho intramolecular Hbond substituents is 1. The van der Waals surface area contributed by atoms with Crippen LogP contribution in [0.5, 0.6) is 23.0 Å². The van der Waals surface area contributed by atoms with Gasteiger partial charge in [-0.2, -0.15) is 0 Å². The fraction of sp³-hybridized carbons (Fsp3) is 0.167. The Morgan fingerprint density at radius 2 is 1.56 bits per heavy atom. The van der Waals surface area contributed by atoms with Crippen LogP contribution in [0.4, 0.5) is 5.69 Å². The van der Waals surface area contributed by atoms with E-state index in [4.69, 9.17) is 24.4 Å². The summed E-state index contributed by atoms with van der Waals surface area (Å²) in [6, 6.07) is 8.48. The van der Waals surface area contributed by atoms with Crippen LogP contribution in [0.2, 0.25) is 0 Å². The molecule has 0 spiro atoms. The maximum absolute atomic E-state index is 10.0. The Hall–Kier alpha value is -3.35. The van der Waals surface area contributed by atoms with E-state index >= 15 is 0 Å². The van der Waals surface area contributed by atoms with Gasteiger partial charge in [0.1, 0.15) is 22.9 Å². The lowest BCUT2D eigenvalue weighted by Gasteiger charge is -2.12. The van der Waals surface area contributed by atoms with Gasteiger partial charge < -0.3 is 29.5 Å². The third kappa shape index (κ3) is 2.91. The first-order valence-electron chi connectivity index (χ1n) is 7.41. The minimum Gasteiger partial charge on any atom is -0.504 e. The molecule has 0 unspecified atom stereocenters. The molecule has 0 saturated carbocycles. The van der Waals surface area contributed by atoms with E-state index in [1.807, 2.05) is 0 Å². The molecule has 25 heavy (non-hydrogen) atoms. The maximum Gasteiger partial charge on any atom is 0.182 e. The Morgan fingerprint density at radius 3 is 2.12 bits per heavy atom. The molecule has 0 fully saturated rings. The first kappa shape index (κ1) is 16.5. The van der Waals surface area contributed by atoms with Crippen LogP contribution >= 0.6 is 0 Å². The molecule has 2 aromatic carbocycles. The molecule has 0 radical (unpaired) electrons. The van der Waals surface area contributed by atoms with Gasteiger partial charge in [-0.25, -0.2) is 4.98 Å². The number of phenols is 1. The molecule has 7 nitrogen and oxygen atoms in total. The van der Waals surface area contributed by atoms with Crippen molar-refractivity contribution in [3.63, 3.8) is 0 Å². The van der Waals surface area contributed by atoms with Crippen molar-refractivity contribution in [1.29, 1.82) is 0 Å². The van der Waals surface area contributed by atoms with Crippen LogP contribution in [-0.4, -0.2) is 31.4 Å². The van der Waals surface area contributed by atoms with Gasteiger partial charge in [0.05, 0.1) is 21.3 Å². The zero-order valence-corrected chi connectivity index (χ0v) is 14.1. The van der Waals surface area contributed by atoms with Crippen LogP contribution < -0.4 is 19.9 Å². The minimum atomic E-state index is 0.00909. The smallest absolute Gasteiger partial charge is 0.182 e. The molecule has 3 N–H and O–H groups in total. The summed E-state index contributed by atoms with van der Waals surface area (Å²) in [6.07, 6.45) is 1.33. The Labute approximate surface area is 144 Å². The second-order valence-corrected chi connectivity index (χ2v) is 5.21. The van der Waals surface area contributed by atoms with E-state index in [2.05, 4.69) is 4.98 Å². The Balaban J connectivity index is 2.13. The van der Waals surface area contributed by atoms with Gasteiger partial charge in [0.2, 0.25) is 0 Å². The summed E-state index contributed by atoms with van der Waals surface area (Å²) >= 11 is 0. The first-order chi connectivity index (χ1) is 12.1. The SMILES string of the molecule is COc1ccc(-c2ocnc2-c2cc(OC)c(N)c(OC)c2)cc1O. The number of anilines is 1. The summed E-state index contributed by atoms with van der Waals surface area (Å²) in [7, 11) is 4.54. The molecule has 3 rings (SSSR count). The van der Waals surface area contributed by atoms with Gasteiger partial charge in [0.25, 0.3) is 0 Å². The van der Waals surface area contributed by atoms with Gasteiger partial charge in [-0.3, -0.25) is 0 Å². The fourth-order valence-electron chi connectivity index (χ4n) is 2.56.